The van der Waals surface area contributed by atoms with Crippen LogP contribution in [0.5, 0.6) is 0 Å². The van der Waals surface area contributed by atoms with Crippen molar-refractivity contribution in [3.05, 3.63) is 95.5 Å². The van der Waals surface area contributed by atoms with Crippen LogP contribution in [0.2, 0.25) is 0 Å². The van der Waals surface area contributed by atoms with Gasteiger partial charge in [-0.3, -0.25) is 4.99 Å². The molecule has 4 nitrogen and oxygen atoms in total. The summed E-state index contributed by atoms with van der Waals surface area (Å²) >= 11 is 0. The van der Waals surface area contributed by atoms with Crippen LogP contribution in [0.15, 0.2) is 105 Å². The summed E-state index contributed by atoms with van der Waals surface area (Å²) in [5.41, 5.74) is 7.07. The third-order valence-corrected chi connectivity index (χ3v) is 4.86. The minimum atomic E-state index is 0.885. The van der Waals surface area contributed by atoms with Crippen molar-refractivity contribution in [2.24, 2.45) is 9.98 Å². The predicted octanol–water partition coefficient (Wildman–Crippen LogP) is 5.89. The zero-order chi connectivity index (χ0) is 23.4. The van der Waals surface area contributed by atoms with Crippen molar-refractivity contribution in [1.29, 1.82) is 0 Å². The Hall–Kier alpha value is -3.14. The molecule has 0 aromatic carbocycles. The van der Waals surface area contributed by atoms with Crippen molar-refractivity contribution >= 4 is 12.1 Å². The maximum absolute atomic E-state index is 4.58. The highest BCUT2D eigenvalue weighted by Crippen LogP contribution is 2.34. The molecular weight excluding hydrogens is 380 g/mol. The molecule has 0 atom stereocenters. The van der Waals surface area contributed by atoms with Gasteiger partial charge in [-0.15, -0.1) is 0 Å². The molecule has 0 aliphatic heterocycles. The van der Waals surface area contributed by atoms with Crippen LogP contribution in [0.1, 0.15) is 26.7 Å². The number of rotatable bonds is 9. The van der Waals surface area contributed by atoms with Crippen LogP contribution in [-0.2, 0) is 0 Å². The van der Waals surface area contributed by atoms with Gasteiger partial charge in [0.25, 0.3) is 0 Å². The topological polar surface area (TPSA) is 31.2 Å². The number of allylic oxidation sites excluding steroid dienone is 11. The van der Waals surface area contributed by atoms with Crippen molar-refractivity contribution in [3.63, 3.8) is 0 Å². The summed E-state index contributed by atoms with van der Waals surface area (Å²) in [4.78, 5) is 13.0. The zero-order valence-electron chi connectivity index (χ0n) is 20.3. The summed E-state index contributed by atoms with van der Waals surface area (Å²) in [5.74, 6) is 0. The molecule has 1 rings (SSSR count). The lowest BCUT2D eigenvalue weighted by atomic mass is 9.85. The van der Waals surface area contributed by atoms with Crippen LogP contribution in [0, 0.1) is 0 Å². The van der Waals surface area contributed by atoms with Gasteiger partial charge < -0.3 is 9.80 Å². The molecule has 31 heavy (non-hydrogen) atoms. The van der Waals surface area contributed by atoms with Gasteiger partial charge in [0.2, 0.25) is 0 Å². The van der Waals surface area contributed by atoms with Gasteiger partial charge >= 0.3 is 0 Å². The molecule has 0 saturated carbocycles. The maximum atomic E-state index is 4.58. The summed E-state index contributed by atoms with van der Waals surface area (Å²) in [6, 6.07) is 0. The Morgan fingerprint density at radius 3 is 2.39 bits per heavy atom. The molecule has 1 aliphatic carbocycles. The summed E-state index contributed by atoms with van der Waals surface area (Å²) in [5, 5.41) is 0. The number of hydrogen-bond donors (Lipinski definition) is 0. The zero-order valence-corrected chi connectivity index (χ0v) is 20.3. The highest BCUT2D eigenvalue weighted by molar-refractivity contribution is 6.03. The van der Waals surface area contributed by atoms with Crippen LogP contribution in [0.4, 0.5) is 0 Å². The fraction of sp³-hybridized carbons (Fsp3) is 0.333. The Balaban J connectivity index is 3.75. The second-order valence-corrected chi connectivity index (χ2v) is 7.65. The standard InChI is InChI=1S/C27H38N4/c1-10-16-24(23(11-2)22(4)28-5)21(3)26(19-29-20-30(6)7)25-17-14-12-13-15-18-27(25)31(8)9/h10-11,13,15-20H,1,3,12,14H2,2,4-9H3/b15-13-,23-11-,24-16-,25-17?,26-19-,27-18+,28-22+,29-20+. The van der Waals surface area contributed by atoms with Gasteiger partial charge in [-0.2, -0.15) is 0 Å². The van der Waals surface area contributed by atoms with Crippen LogP contribution >= 0.6 is 0 Å². The minimum absolute atomic E-state index is 0.885. The van der Waals surface area contributed by atoms with E-state index in [1.165, 1.54) is 0 Å². The Kier molecular flexibility index (Phi) is 11.0. The molecule has 4 heteroatoms. The largest absolute Gasteiger partial charge is 0.377 e. The van der Waals surface area contributed by atoms with Crippen molar-refractivity contribution in [3.8, 4) is 0 Å². The first-order chi connectivity index (χ1) is 14.8. The predicted molar refractivity (Wildman–Crippen MR) is 139 cm³/mol. The number of likely N-dealkylation sites (N-methyl/N-ethyl adjacent to an activating group) is 1. The molecule has 0 bridgehead atoms. The summed E-state index contributed by atoms with van der Waals surface area (Å²) in [6.07, 6.45) is 20.3. The molecule has 0 aromatic heterocycles. The van der Waals surface area contributed by atoms with Gasteiger partial charge in [0.05, 0.1) is 6.34 Å². The summed E-state index contributed by atoms with van der Waals surface area (Å²) in [6.45, 7) is 12.5. The van der Waals surface area contributed by atoms with E-state index in [0.29, 0.717) is 0 Å². The lowest BCUT2D eigenvalue weighted by Crippen LogP contribution is -2.16. The van der Waals surface area contributed by atoms with Crippen molar-refractivity contribution < 1.29 is 0 Å². The van der Waals surface area contributed by atoms with E-state index in [0.717, 1.165) is 52.1 Å². The molecule has 0 heterocycles. The van der Waals surface area contributed by atoms with E-state index < -0.39 is 0 Å². The quantitative estimate of drug-likeness (QED) is 0.266. The van der Waals surface area contributed by atoms with E-state index in [4.69, 9.17) is 0 Å². The minimum Gasteiger partial charge on any atom is -0.377 e. The molecule has 1 aliphatic rings. The third kappa shape index (κ3) is 7.56. The van der Waals surface area contributed by atoms with Gasteiger partial charge in [-0.25, -0.2) is 4.99 Å². The van der Waals surface area contributed by atoms with Gasteiger partial charge in [0.15, 0.2) is 0 Å². The number of hydrogen-bond acceptors (Lipinski definition) is 3. The summed E-state index contributed by atoms with van der Waals surface area (Å²) < 4.78 is 0. The van der Waals surface area contributed by atoms with E-state index in [1.54, 1.807) is 12.4 Å². The van der Waals surface area contributed by atoms with Crippen molar-refractivity contribution in [2.75, 3.05) is 35.2 Å². The van der Waals surface area contributed by atoms with Gasteiger partial charge in [0, 0.05) is 64.0 Å². The Morgan fingerprint density at radius 2 is 1.84 bits per heavy atom. The number of nitrogens with zero attached hydrogens (tertiary/aromatic N) is 4. The number of aliphatic imine (C=N–C) groups is 2. The van der Waals surface area contributed by atoms with Crippen LogP contribution in [-0.4, -0.2) is 57.1 Å². The molecule has 0 fully saturated rings. The summed E-state index contributed by atoms with van der Waals surface area (Å²) in [7, 11) is 9.84. The van der Waals surface area contributed by atoms with Gasteiger partial charge in [-0.1, -0.05) is 49.6 Å². The van der Waals surface area contributed by atoms with Crippen molar-refractivity contribution in [2.45, 2.75) is 26.7 Å². The van der Waals surface area contributed by atoms with Crippen LogP contribution in [0.3, 0.4) is 0 Å². The molecule has 0 unspecified atom stereocenters. The Bertz CT molecular complexity index is 898. The average Bonchev–Trinajstić information content (AvgIpc) is 2.70. The normalized spacial score (nSPS) is 19.2. The van der Waals surface area contributed by atoms with Crippen LogP contribution < -0.4 is 0 Å². The molecule has 0 spiro atoms. The Morgan fingerprint density at radius 1 is 1.13 bits per heavy atom. The van der Waals surface area contributed by atoms with Crippen LogP contribution in [0.25, 0.3) is 0 Å². The molecule has 0 saturated heterocycles. The average molecular weight is 419 g/mol. The smallest absolute Gasteiger partial charge is 0.0899 e. The van der Waals surface area contributed by atoms with E-state index in [9.17, 15) is 0 Å². The van der Waals surface area contributed by atoms with Gasteiger partial charge in [-0.05, 0) is 49.5 Å². The highest BCUT2D eigenvalue weighted by atomic mass is 15.1. The Labute approximate surface area is 189 Å². The molecule has 166 valence electrons. The fourth-order valence-corrected chi connectivity index (χ4v) is 3.26. The first-order valence-electron chi connectivity index (χ1n) is 10.6. The first-order valence-corrected chi connectivity index (χ1v) is 10.6. The SMILES string of the molecule is C=C\C=C(C(=C)/C(=C/N=C/N(C)C)C1=CCC/C=C\C=C/1N(C)C)/C(=C\C)C(/C)=N/C. The first kappa shape index (κ1) is 25.9. The molecule has 0 N–H and O–H groups in total. The van der Waals surface area contributed by atoms with Crippen molar-refractivity contribution in [1.82, 2.24) is 9.80 Å². The molecular formula is C27H38N4. The van der Waals surface area contributed by atoms with E-state index in [-0.39, 0.29) is 0 Å². The molecule has 0 amide bonds. The lowest BCUT2D eigenvalue weighted by Gasteiger charge is -2.25. The maximum Gasteiger partial charge on any atom is 0.0899 e. The highest BCUT2D eigenvalue weighted by Gasteiger charge is 2.20. The van der Waals surface area contributed by atoms with E-state index in [2.05, 4.69) is 72.5 Å². The second-order valence-electron chi connectivity index (χ2n) is 7.65. The van der Waals surface area contributed by atoms with E-state index >= 15 is 0 Å². The third-order valence-electron chi connectivity index (χ3n) is 4.86. The van der Waals surface area contributed by atoms with Gasteiger partial charge in [0.1, 0.15) is 0 Å². The monoisotopic (exact) mass is 418 g/mol. The molecule has 0 aromatic rings. The second kappa shape index (κ2) is 13.2. The molecule has 0 radical (unpaired) electrons. The van der Waals surface area contributed by atoms with E-state index in [1.807, 2.05) is 52.2 Å². The lowest BCUT2D eigenvalue weighted by molar-refractivity contribution is 0.522. The fourth-order valence-electron chi connectivity index (χ4n) is 3.26.